The number of hydrogen-bond acceptors (Lipinski definition) is 5. The molecule has 0 fully saturated rings. The number of carbonyl (C=O) groups excluding carboxylic acids is 2. The van der Waals surface area contributed by atoms with E-state index in [1.165, 1.54) is 20.1 Å². The molecule has 0 heterocycles. The Labute approximate surface area is 64.6 Å². The number of esters is 2. The van der Waals surface area contributed by atoms with Gasteiger partial charge in [-0.1, -0.05) is 0 Å². The second-order valence-corrected chi connectivity index (χ2v) is 1.46. The summed E-state index contributed by atoms with van der Waals surface area (Å²) in [4.78, 5) is 19.6. The fraction of sp³-hybridized carbons (Fsp3) is 0.500. The molecule has 0 aliphatic carbocycles. The molecule has 0 amide bonds. The molecule has 0 aromatic heterocycles. The molecule has 0 saturated carbocycles. The van der Waals surface area contributed by atoms with Crippen LogP contribution in [-0.4, -0.2) is 23.4 Å². The van der Waals surface area contributed by atoms with Crippen LogP contribution in [0.2, 0.25) is 0 Å². The van der Waals surface area contributed by atoms with Gasteiger partial charge in [-0.25, -0.2) is 0 Å². The summed E-state index contributed by atoms with van der Waals surface area (Å²) < 4.78 is 3.97. The molecule has 0 unspecified atom stereocenters. The van der Waals surface area contributed by atoms with Crippen LogP contribution in [0.1, 0.15) is 20.8 Å². The summed E-state index contributed by atoms with van der Waals surface area (Å²) in [5, 5.41) is 10.1. The molecule has 0 radical (unpaired) electrons. The predicted octanol–water partition coefficient (Wildman–Crippen LogP) is 0.562. The summed E-state index contributed by atoms with van der Waals surface area (Å²) in [5.41, 5.74) is 0. The van der Waals surface area contributed by atoms with Gasteiger partial charge in [-0.15, -0.1) is 5.16 Å². The van der Waals surface area contributed by atoms with Gasteiger partial charge < -0.3 is 9.94 Å². The standard InChI is InChI=1S/C4H6O3.C2H5NO/c1-3(5)7-4(2)6;1-2-3-4/h1-2H3;2,4H,1H3/b;3-2+. The molecule has 5 heteroatoms. The van der Waals surface area contributed by atoms with E-state index in [-0.39, 0.29) is 0 Å². The number of hydrogen-bond donors (Lipinski definition) is 1. The molecule has 64 valence electrons. The number of nitrogens with zero attached hydrogens (tertiary/aromatic N) is 1. The van der Waals surface area contributed by atoms with Gasteiger partial charge in [0.25, 0.3) is 0 Å². The SMILES string of the molecule is C/C=N/O.CC(=O)OC(C)=O. The quantitative estimate of drug-likeness (QED) is 0.185. The highest BCUT2D eigenvalue weighted by Crippen LogP contribution is 1.73. The molecular formula is C6H11NO4. The Hall–Kier alpha value is -1.39. The molecule has 0 atom stereocenters. The van der Waals surface area contributed by atoms with Crippen LogP contribution in [0.4, 0.5) is 0 Å². The third-order valence-corrected chi connectivity index (χ3v) is 0.403. The highest BCUT2D eigenvalue weighted by atomic mass is 16.6. The molecule has 0 rings (SSSR count). The Kier molecular flexibility index (Phi) is 9.63. The smallest absolute Gasteiger partial charge is 0.310 e. The lowest BCUT2D eigenvalue weighted by atomic mass is 10.7. The van der Waals surface area contributed by atoms with Crippen LogP contribution in [0.5, 0.6) is 0 Å². The van der Waals surface area contributed by atoms with Gasteiger partial charge in [0.2, 0.25) is 0 Å². The van der Waals surface area contributed by atoms with E-state index in [9.17, 15) is 9.59 Å². The number of ether oxygens (including phenoxy) is 1. The van der Waals surface area contributed by atoms with Crippen LogP contribution in [0.25, 0.3) is 0 Å². The fourth-order valence-corrected chi connectivity index (χ4v) is 0.202. The average molecular weight is 161 g/mol. The first-order chi connectivity index (χ1) is 5.04. The zero-order chi connectivity index (χ0) is 9.28. The average Bonchev–Trinajstić information content (AvgIpc) is 1.85. The minimum atomic E-state index is -0.562. The largest absolute Gasteiger partial charge is 0.411 e. The van der Waals surface area contributed by atoms with Crippen molar-refractivity contribution in [3.63, 3.8) is 0 Å². The van der Waals surface area contributed by atoms with E-state index in [1.807, 2.05) is 0 Å². The van der Waals surface area contributed by atoms with E-state index < -0.39 is 11.9 Å². The van der Waals surface area contributed by atoms with E-state index in [2.05, 4.69) is 9.89 Å². The zero-order valence-corrected chi connectivity index (χ0v) is 6.70. The van der Waals surface area contributed by atoms with Crippen LogP contribution in [0, 0.1) is 0 Å². The molecule has 1 N–H and O–H groups in total. The van der Waals surface area contributed by atoms with Crippen molar-refractivity contribution in [2.45, 2.75) is 20.8 Å². The van der Waals surface area contributed by atoms with Gasteiger partial charge in [0.15, 0.2) is 0 Å². The topological polar surface area (TPSA) is 76.0 Å². The Morgan fingerprint density at radius 1 is 1.36 bits per heavy atom. The lowest BCUT2D eigenvalue weighted by molar-refractivity contribution is -0.156. The van der Waals surface area contributed by atoms with Gasteiger partial charge in [-0.05, 0) is 6.92 Å². The van der Waals surface area contributed by atoms with Gasteiger partial charge in [0, 0.05) is 20.1 Å². The maximum atomic E-state index is 9.81. The van der Waals surface area contributed by atoms with Crippen molar-refractivity contribution in [3.8, 4) is 0 Å². The molecular weight excluding hydrogens is 150 g/mol. The van der Waals surface area contributed by atoms with Crippen molar-refractivity contribution < 1.29 is 19.5 Å². The van der Waals surface area contributed by atoms with Crippen molar-refractivity contribution >= 4 is 18.2 Å². The van der Waals surface area contributed by atoms with Crippen LogP contribution >= 0.6 is 0 Å². The van der Waals surface area contributed by atoms with Crippen LogP contribution in [0.3, 0.4) is 0 Å². The van der Waals surface area contributed by atoms with Crippen LogP contribution in [-0.2, 0) is 14.3 Å². The Balaban J connectivity index is 0. The van der Waals surface area contributed by atoms with Gasteiger partial charge in [0.1, 0.15) is 0 Å². The van der Waals surface area contributed by atoms with E-state index in [0.717, 1.165) is 0 Å². The Bertz CT molecular complexity index is 137. The first-order valence-corrected chi connectivity index (χ1v) is 2.85. The normalized spacial score (nSPS) is 8.27. The third-order valence-electron chi connectivity index (χ3n) is 0.403. The molecule has 0 aliphatic rings. The summed E-state index contributed by atoms with van der Waals surface area (Å²) in [6, 6.07) is 0. The minimum absolute atomic E-state index is 0.562. The fourth-order valence-electron chi connectivity index (χ4n) is 0.202. The second-order valence-electron chi connectivity index (χ2n) is 1.46. The third kappa shape index (κ3) is 28.9. The van der Waals surface area contributed by atoms with Gasteiger partial charge in [-0.2, -0.15) is 0 Å². The van der Waals surface area contributed by atoms with E-state index >= 15 is 0 Å². The molecule has 11 heavy (non-hydrogen) atoms. The Morgan fingerprint density at radius 3 is 1.64 bits per heavy atom. The molecule has 0 aromatic rings. The van der Waals surface area contributed by atoms with Gasteiger partial charge >= 0.3 is 11.9 Å². The first-order valence-electron chi connectivity index (χ1n) is 2.85. The van der Waals surface area contributed by atoms with Gasteiger partial charge in [-0.3, -0.25) is 9.59 Å². The number of rotatable bonds is 0. The maximum Gasteiger partial charge on any atom is 0.310 e. The first kappa shape index (κ1) is 12.3. The number of carbonyl (C=O) groups is 2. The van der Waals surface area contributed by atoms with Crippen LogP contribution in [0.15, 0.2) is 5.16 Å². The molecule has 0 saturated heterocycles. The van der Waals surface area contributed by atoms with Crippen molar-refractivity contribution in [1.29, 1.82) is 0 Å². The molecule has 0 bridgehead atoms. The van der Waals surface area contributed by atoms with Crippen molar-refractivity contribution in [1.82, 2.24) is 0 Å². The van der Waals surface area contributed by atoms with Crippen LogP contribution < -0.4 is 0 Å². The second kappa shape index (κ2) is 8.61. The lowest BCUT2D eigenvalue weighted by Gasteiger charge is -1.87. The highest BCUT2D eigenvalue weighted by Gasteiger charge is 1.93. The zero-order valence-electron chi connectivity index (χ0n) is 6.70. The summed E-state index contributed by atoms with van der Waals surface area (Å²) in [6.45, 7) is 4.00. The molecule has 5 nitrogen and oxygen atoms in total. The molecule has 0 aromatic carbocycles. The minimum Gasteiger partial charge on any atom is -0.411 e. The molecule has 0 aliphatic heterocycles. The van der Waals surface area contributed by atoms with Crippen molar-refractivity contribution in [2.75, 3.05) is 0 Å². The predicted molar refractivity (Wildman–Crippen MR) is 38.4 cm³/mol. The van der Waals surface area contributed by atoms with Crippen molar-refractivity contribution in [2.24, 2.45) is 5.16 Å². The Morgan fingerprint density at radius 2 is 1.64 bits per heavy atom. The highest BCUT2D eigenvalue weighted by molar-refractivity contribution is 5.82. The van der Waals surface area contributed by atoms with E-state index in [4.69, 9.17) is 5.21 Å². The van der Waals surface area contributed by atoms with E-state index in [1.54, 1.807) is 6.92 Å². The van der Waals surface area contributed by atoms with E-state index in [0.29, 0.717) is 0 Å². The summed E-state index contributed by atoms with van der Waals surface area (Å²) >= 11 is 0. The summed E-state index contributed by atoms with van der Waals surface area (Å²) in [7, 11) is 0. The lowest BCUT2D eigenvalue weighted by Crippen LogP contribution is -2.03. The maximum absolute atomic E-state index is 9.81. The summed E-state index contributed by atoms with van der Waals surface area (Å²) in [5.74, 6) is -1.12. The van der Waals surface area contributed by atoms with Gasteiger partial charge in [0.05, 0.1) is 0 Å². The monoisotopic (exact) mass is 161 g/mol. The number of oxime groups is 1. The van der Waals surface area contributed by atoms with Crippen molar-refractivity contribution in [3.05, 3.63) is 0 Å². The summed E-state index contributed by atoms with van der Waals surface area (Å²) in [6.07, 6.45) is 1.31. The molecule has 0 spiro atoms.